The van der Waals surface area contributed by atoms with E-state index in [1.54, 1.807) is 0 Å². The van der Waals surface area contributed by atoms with Crippen LogP contribution in [0, 0.1) is 5.92 Å². The number of hydrogen-bond acceptors (Lipinski definition) is 3. The van der Waals surface area contributed by atoms with Crippen LogP contribution in [0.2, 0.25) is 5.02 Å². The van der Waals surface area contributed by atoms with Crippen LogP contribution in [0.3, 0.4) is 0 Å². The average molecular weight is 434 g/mol. The highest BCUT2D eigenvalue weighted by molar-refractivity contribution is 6.31. The average Bonchev–Trinajstić information content (AvgIpc) is 3.23. The minimum absolute atomic E-state index is 0.241. The maximum absolute atomic E-state index is 11.9. The number of nitrogens with one attached hydrogen (secondary N) is 2. The highest BCUT2D eigenvalue weighted by Gasteiger charge is 2.26. The van der Waals surface area contributed by atoms with Crippen molar-refractivity contribution in [2.75, 3.05) is 39.3 Å². The Labute approximate surface area is 186 Å². The Hall–Kier alpha value is -1.79. The Morgan fingerprint density at radius 1 is 1.17 bits per heavy atom. The third-order valence-electron chi connectivity index (χ3n) is 6.10. The van der Waals surface area contributed by atoms with Gasteiger partial charge in [0.2, 0.25) is 5.91 Å². The van der Waals surface area contributed by atoms with Crippen LogP contribution in [0.4, 0.5) is 0 Å². The minimum Gasteiger partial charge on any atom is -0.357 e. The fourth-order valence-corrected chi connectivity index (χ4v) is 4.45. The predicted octanol–water partition coefficient (Wildman–Crippen LogP) is 3.12. The third kappa shape index (κ3) is 6.61. The summed E-state index contributed by atoms with van der Waals surface area (Å²) in [5.74, 6) is 1.74. The number of piperidine rings is 1. The Kier molecular flexibility index (Phi) is 8.82. The van der Waals surface area contributed by atoms with Crippen LogP contribution >= 0.6 is 11.6 Å². The second-order valence-corrected chi connectivity index (χ2v) is 8.76. The Morgan fingerprint density at radius 3 is 2.63 bits per heavy atom. The molecule has 1 amide bonds. The molecule has 30 heavy (non-hydrogen) atoms. The van der Waals surface area contributed by atoms with Gasteiger partial charge in [-0.25, -0.2) is 0 Å². The summed E-state index contributed by atoms with van der Waals surface area (Å²) in [7, 11) is 0. The molecule has 2 fully saturated rings. The molecular formula is C23H36ClN5O. The quantitative estimate of drug-likeness (QED) is 0.512. The number of benzene rings is 1. The number of guanidine groups is 1. The molecule has 0 radical (unpaired) electrons. The van der Waals surface area contributed by atoms with Gasteiger partial charge in [0.15, 0.2) is 5.96 Å². The molecule has 3 rings (SSSR count). The van der Waals surface area contributed by atoms with Crippen molar-refractivity contribution in [3.8, 4) is 0 Å². The highest BCUT2D eigenvalue weighted by atomic mass is 35.5. The first-order valence-electron chi connectivity index (χ1n) is 11.4. The number of nitrogens with zero attached hydrogens (tertiary/aromatic N) is 3. The van der Waals surface area contributed by atoms with Gasteiger partial charge >= 0.3 is 0 Å². The lowest BCUT2D eigenvalue weighted by molar-refractivity contribution is -0.129. The Morgan fingerprint density at radius 2 is 1.93 bits per heavy atom. The van der Waals surface area contributed by atoms with Gasteiger partial charge in [0.05, 0.1) is 0 Å². The molecule has 2 heterocycles. The molecule has 1 atom stereocenters. The zero-order valence-corrected chi connectivity index (χ0v) is 19.1. The van der Waals surface area contributed by atoms with Gasteiger partial charge in [0.1, 0.15) is 0 Å². The maximum atomic E-state index is 11.9. The topological polar surface area (TPSA) is 60.0 Å². The first-order valence-corrected chi connectivity index (χ1v) is 11.7. The molecule has 0 spiro atoms. The molecule has 1 aromatic carbocycles. The molecule has 1 aromatic rings. The lowest BCUT2D eigenvalue weighted by Crippen LogP contribution is -2.45. The number of carbonyl (C=O) groups is 1. The summed E-state index contributed by atoms with van der Waals surface area (Å²) in [5, 5.41) is 7.76. The number of halogens is 1. The van der Waals surface area contributed by atoms with E-state index in [1.807, 2.05) is 24.0 Å². The highest BCUT2D eigenvalue weighted by Crippen LogP contribution is 2.22. The zero-order valence-electron chi connectivity index (χ0n) is 18.4. The molecule has 166 valence electrons. The largest absolute Gasteiger partial charge is 0.357 e. The summed E-state index contributed by atoms with van der Waals surface area (Å²) in [6, 6.07) is 8.41. The Balaban J connectivity index is 1.44. The van der Waals surface area contributed by atoms with E-state index in [1.165, 1.54) is 5.56 Å². The van der Waals surface area contributed by atoms with Gasteiger partial charge < -0.3 is 15.5 Å². The van der Waals surface area contributed by atoms with Gasteiger partial charge in [-0.2, -0.15) is 0 Å². The van der Waals surface area contributed by atoms with Crippen molar-refractivity contribution < 1.29 is 4.79 Å². The summed E-state index contributed by atoms with van der Waals surface area (Å²) in [4.78, 5) is 21.2. The lowest BCUT2D eigenvalue weighted by atomic mass is 9.96. The number of amides is 1. The minimum atomic E-state index is 0.241. The molecule has 2 N–H and O–H groups in total. The van der Waals surface area contributed by atoms with Crippen molar-refractivity contribution in [2.24, 2.45) is 10.9 Å². The molecule has 2 aliphatic heterocycles. The van der Waals surface area contributed by atoms with E-state index in [2.05, 4.69) is 34.6 Å². The number of rotatable bonds is 7. The van der Waals surface area contributed by atoms with E-state index in [9.17, 15) is 4.79 Å². The van der Waals surface area contributed by atoms with Crippen LogP contribution in [-0.4, -0.2) is 67.0 Å². The van der Waals surface area contributed by atoms with Crippen molar-refractivity contribution in [1.29, 1.82) is 0 Å². The van der Waals surface area contributed by atoms with Gasteiger partial charge in [-0.15, -0.1) is 0 Å². The molecule has 2 saturated heterocycles. The van der Waals surface area contributed by atoms with Crippen molar-refractivity contribution in [1.82, 2.24) is 20.4 Å². The third-order valence-corrected chi connectivity index (χ3v) is 6.46. The molecule has 0 saturated carbocycles. The molecule has 0 aliphatic carbocycles. The molecule has 1 unspecified atom stereocenters. The smallest absolute Gasteiger partial charge is 0.222 e. The molecular weight excluding hydrogens is 398 g/mol. The van der Waals surface area contributed by atoms with Gasteiger partial charge in [-0.1, -0.05) is 36.7 Å². The van der Waals surface area contributed by atoms with Crippen molar-refractivity contribution in [3.05, 3.63) is 34.9 Å². The molecule has 0 aromatic heterocycles. The molecule has 7 heteroatoms. The first-order chi connectivity index (χ1) is 14.6. The van der Waals surface area contributed by atoms with Crippen molar-refractivity contribution in [2.45, 2.75) is 52.1 Å². The molecule has 2 aliphatic rings. The normalized spacial score (nSPS) is 21.1. The summed E-state index contributed by atoms with van der Waals surface area (Å²) >= 11 is 6.31. The van der Waals surface area contributed by atoms with Crippen LogP contribution in [0.5, 0.6) is 0 Å². The monoisotopic (exact) mass is 433 g/mol. The van der Waals surface area contributed by atoms with Crippen LogP contribution in [0.15, 0.2) is 29.3 Å². The van der Waals surface area contributed by atoms with E-state index in [4.69, 9.17) is 16.6 Å². The number of carbonyl (C=O) groups excluding carboxylic acids is 1. The van der Waals surface area contributed by atoms with E-state index in [-0.39, 0.29) is 11.9 Å². The fraction of sp³-hybridized carbons (Fsp3) is 0.652. The summed E-state index contributed by atoms with van der Waals surface area (Å²) in [6.45, 7) is 10.4. The number of hydrogen-bond donors (Lipinski definition) is 2. The molecule has 0 bridgehead atoms. The molecule has 6 nitrogen and oxygen atoms in total. The second-order valence-electron chi connectivity index (χ2n) is 8.35. The Bertz CT molecular complexity index is 717. The summed E-state index contributed by atoms with van der Waals surface area (Å²) in [6.07, 6.45) is 3.89. The van der Waals surface area contributed by atoms with Crippen molar-refractivity contribution in [3.63, 3.8) is 0 Å². The van der Waals surface area contributed by atoms with Gasteiger partial charge in [-0.05, 0) is 56.8 Å². The van der Waals surface area contributed by atoms with E-state index in [0.717, 1.165) is 76.1 Å². The van der Waals surface area contributed by atoms with Gasteiger partial charge in [0.25, 0.3) is 0 Å². The number of aliphatic imine (C=N–C) groups is 1. The van der Waals surface area contributed by atoms with E-state index < -0.39 is 0 Å². The van der Waals surface area contributed by atoms with Crippen molar-refractivity contribution >= 4 is 23.5 Å². The maximum Gasteiger partial charge on any atom is 0.222 e. The second kappa shape index (κ2) is 11.6. The summed E-state index contributed by atoms with van der Waals surface area (Å²) in [5.41, 5.74) is 1.21. The fourth-order valence-electron chi connectivity index (χ4n) is 4.26. The van der Waals surface area contributed by atoms with Crippen LogP contribution in [0.1, 0.15) is 45.1 Å². The standard InChI is InChI=1S/C23H36ClN5O/c1-3-22(30)29-14-11-20(17-29)27-23(25-4-2)26-15-18-9-12-28(13-10-18)16-19-7-5-6-8-21(19)24/h5-8,18,20H,3-4,9-17H2,1-2H3,(H2,25,26,27). The van der Waals surface area contributed by atoms with Crippen LogP contribution in [-0.2, 0) is 11.3 Å². The SMILES string of the molecule is CCNC(=NCC1CCN(Cc2ccccc2Cl)CC1)NC1CCN(C(=O)CC)C1. The number of likely N-dealkylation sites (tertiary alicyclic amines) is 2. The zero-order chi connectivity index (χ0) is 21.3. The van der Waals surface area contributed by atoms with E-state index in [0.29, 0.717) is 12.3 Å². The predicted molar refractivity (Wildman–Crippen MR) is 124 cm³/mol. The lowest BCUT2D eigenvalue weighted by Gasteiger charge is -2.31. The first kappa shape index (κ1) is 22.9. The van der Waals surface area contributed by atoms with Crippen LogP contribution < -0.4 is 10.6 Å². The van der Waals surface area contributed by atoms with Gasteiger partial charge in [0, 0.05) is 50.2 Å². The summed E-state index contributed by atoms with van der Waals surface area (Å²) < 4.78 is 0. The van der Waals surface area contributed by atoms with Crippen LogP contribution in [0.25, 0.3) is 0 Å². The van der Waals surface area contributed by atoms with E-state index >= 15 is 0 Å². The van der Waals surface area contributed by atoms with Gasteiger partial charge in [-0.3, -0.25) is 14.7 Å².